The van der Waals surface area contributed by atoms with Crippen molar-refractivity contribution in [3.63, 3.8) is 0 Å². The number of aryl methyl sites for hydroxylation is 1. The summed E-state index contributed by atoms with van der Waals surface area (Å²) >= 11 is 6.19. The van der Waals surface area contributed by atoms with Crippen LogP contribution in [0, 0.1) is 0 Å². The van der Waals surface area contributed by atoms with Gasteiger partial charge in [0.25, 0.3) is 0 Å². The summed E-state index contributed by atoms with van der Waals surface area (Å²) in [6.45, 7) is 2.10. The van der Waals surface area contributed by atoms with Gasteiger partial charge in [0, 0.05) is 30.0 Å². The summed E-state index contributed by atoms with van der Waals surface area (Å²) in [5.41, 5.74) is 2.16. The number of amides is 1. The summed E-state index contributed by atoms with van der Waals surface area (Å²) in [6, 6.07) is 5.79. The molecular formula is C16H18ClN5O. The van der Waals surface area contributed by atoms with Gasteiger partial charge >= 0.3 is 0 Å². The van der Waals surface area contributed by atoms with Crippen LogP contribution in [0.2, 0.25) is 5.02 Å². The lowest BCUT2D eigenvalue weighted by Crippen LogP contribution is -2.50. The number of anilines is 1. The van der Waals surface area contributed by atoms with E-state index in [2.05, 4.69) is 27.9 Å². The Morgan fingerprint density at radius 1 is 1.39 bits per heavy atom. The van der Waals surface area contributed by atoms with Crippen molar-refractivity contribution >= 4 is 23.2 Å². The van der Waals surface area contributed by atoms with E-state index >= 15 is 0 Å². The Balaban J connectivity index is 1.78. The van der Waals surface area contributed by atoms with Crippen LogP contribution in [0.1, 0.15) is 37.1 Å². The zero-order valence-electron chi connectivity index (χ0n) is 13.0. The van der Waals surface area contributed by atoms with Gasteiger partial charge in [-0.15, -0.1) is 5.10 Å². The molecule has 7 heteroatoms. The highest BCUT2D eigenvalue weighted by molar-refractivity contribution is 6.31. The summed E-state index contributed by atoms with van der Waals surface area (Å²) in [7, 11) is 1.84. The maximum Gasteiger partial charge on any atom is 0.235 e. The van der Waals surface area contributed by atoms with Gasteiger partial charge in [0.05, 0.1) is 17.2 Å². The Bertz CT molecular complexity index is 789. The number of carbonyl (C=O) groups is 1. The smallest absolute Gasteiger partial charge is 0.235 e. The van der Waals surface area contributed by atoms with Crippen LogP contribution in [-0.2, 0) is 17.3 Å². The first-order valence-electron chi connectivity index (χ1n) is 7.72. The average molecular weight is 332 g/mol. The van der Waals surface area contributed by atoms with Crippen LogP contribution in [0.3, 0.4) is 0 Å². The molecule has 1 saturated heterocycles. The quantitative estimate of drug-likeness (QED) is 0.840. The van der Waals surface area contributed by atoms with E-state index in [1.54, 1.807) is 4.68 Å². The lowest BCUT2D eigenvalue weighted by atomic mass is 9.69. The molecular weight excluding hydrogens is 314 g/mol. The molecule has 0 radical (unpaired) electrons. The molecule has 1 amide bonds. The van der Waals surface area contributed by atoms with E-state index in [1.807, 2.05) is 31.4 Å². The molecule has 1 aromatic carbocycles. The molecule has 3 atom stereocenters. The maximum atomic E-state index is 12.8. The molecule has 0 bridgehead atoms. The third kappa shape index (κ3) is 2.24. The van der Waals surface area contributed by atoms with Gasteiger partial charge in [-0.2, -0.15) is 0 Å². The molecule has 6 nitrogen and oxygen atoms in total. The molecule has 23 heavy (non-hydrogen) atoms. The fourth-order valence-corrected chi connectivity index (χ4v) is 4.09. The normalized spacial score (nSPS) is 29.6. The Hall–Kier alpha value is -1.92. The first-order chi connectivity index (χ1) is 11.0. The molecule has 2 aliphatic heterocycles. The van der Waals surface area contributed by atoms with E-state index in [0.717, 1.165) is 23.4 Å². The van der Waals surface area contributed by atoms with E-state index < -0.39 is 5.41 Å². The van der Waals surface area contributed by atoms with Crippen molar-refractivity contribution in [2.75, 3.05) is 5.32 Å². The molecule has 3 unspecified atom stereocenters. The van der Waals surface area contributed by atoms with Gasteiger partial charge in [-0.1, -0.05) is 16.8 Å². The lowest BCUT2D eigenvalue weighted by molar-refractivity contribution is -0.122. The Morgan fingerprint density at radius 3 is 2.96 bits per heavy atom. The highest BCUT2D eigenvalue weighted by Gasteiger charge is 2.51. The van der Waals surface area contributed by atoms with E-state index in [0.29, 0.717) is 11.4 Å². The van der Waals surface area contributed by atoms with Gasteiger partial charge in [-0.3, -0.25) is 9.48 Å². The molecule has 0 aliphatic carbocycles. The molecule has 1 spiro atoms. The molecule has 3 heterocycles. The number of nitrogens with one attached hydrogen (secondary N) is 2. The van der Waals surface area contributed by atoms with Crippen molar-refractivity contribution in [2.45, 2.75) is 37.3 Å². The average Bonchev–Trinajstić information content (AvgIpc) is 3.03. The SMILES string of the molecule is CC1CC2(CC(c3cn(C)nn3)N1)C(=O)Nc1ccc(Cl)cc12. The second-order valence-corrected chi connectivity index (χ2v) is 7.01. The number of nitrogens with zero attached hydrogens (tertiary/aromatic N) is 3. The van der Waals surface area contributed by atoms with Crippen LogP contribution in [0.25, 0.3) is 0 Å². The lowest BCUT2D eigenvalue weighted by Gasteiger charge is -2.40. The fraction of sp³-hybridized carbons (Fsp3) is 0.438. The highest BCUT2D eigenvalue weighted by atomic mass is 35.5. The molecule has 2 aromatic rings. The predicted molar refractivity (Wildman–Crippen MR) is 87.3 cm³/mol. The molecule has 120 valence electrons. The summed E-state index contributed by atoms with van der Waals surface area (Å²) < 4.78 is 1.68. The van der Waals surface area contributed by atoms with E-state index in [-0.39, 0.29) is 18.0 Å². The number of benzene rings is 1. The van der Waals surface area contributed by atoms with Gasteiger partial charge in [0.1, 0.15) is 0 Å². The second-order valence-electron chi connectivity index (χ2n) is 6.57. The van der Waals surface area contributed by atoms with Crippen molar-refractivity contribution in [3.05, 3.63) is 40.7 Å². The van der Waals surface area contributed by atoms with E-state index in [9.17, 15) is 4.79 Å². The van der Waals surface area contributed by atoms with Crippen LogP contribution in [0.15, 0.2) is 24.4 Å². The molecule has 2 aliphatic rings. The number of aromatic nitrogens is 3. The van der Waals surface area contributed by atoms with Crippen LogP contribution in [-0.4, -0.2) is 26.9 Å². The largest absolute Gasteiger partial charge is 0.325 e. The number of piperidine rings is 1. The van der Waals surface area contributed by atoms with Crippen LogP contribution < -0.4 is 10.6 Å². The molecule has 0 saturated carbocycles. The monoisotopic (exact) mass is 331 g/mol. The van der Waals surface area contributed by atoms with Gasteiger partial charge in [0.2, 0.25) is 5.91 Å². The molecule has 4 rings (SSSR count). The van der Waals surface area contributed by atoms with Crippen LogP contribution >= 0.6 is 11.6 Å². The maximum absolute atomic E-state index is 12.8. The highest BCUT2D eigenvalue weighted by Crippen LogP contribution is 2.49. The van der Waals surface area contributed by atoms with E-state index in [4.69, 9.17) is 11.6 Å². The fourth-order valence-electron chi connectivity index (χ4n) is 3.92. The van der Waals surface area contributed by atoms with Gasteiger partial charge in [-0.05, 0) is 43.5 Å². The zero-order valence-corrected chi connectivity index (χ0v) is 13.8. The predicted octanol–water partition coefficient (Wildman–Crippen LogP) is 2.17. The summed E-state index contributed by atoms with van der Waals surface area (Å²) in [4.78, 5) is 12.8. The summed E-state index contributed by atoms with van der Waals surface area (Å²) in [6.07, 6.45) is 3.29. The number of hydrogen-bond donors (Lipinski definition) is 2. The minimum Gasteiger partial charge on any atom is -0.325 e. The molecule has 2 N–H and O–H groups in total. The van der Waals surface area contributed by atoms with Gasteiger partial charge in [-0.25, -0.2) is 0 Å². The minimum absolute atomic E-state index is 0.0110. The van der Waals surface area contributed by atoms with Crippen molar-refractivity contribution in [2.24, 2.45) is 7.05 Å². The van der Waals surface area contributed by atoms with Crippen molar-refractivity contribution < 1.29 is 4.79 Å². The summed E-state index contributed by atoms with van der Waals surface area (Å²) in [5, 5.41) is 15.4. The van der Waals surface area contributed by atoms with Crippen LogP contribution in [0.4, 0.5) is 5.69 Å². The van der Waals surface area contributed by atoms with Crippen molar-refractivity contribution in [1.29, 1.82) is 0 Å². The number of halogens is 1. The number of hydrogen-bond acceptors (Lipinski definition) is 4. The van der Waals surface area contributed by atoms with Crippen molar-refractivity contribution in [3.8, 4) is 0 Å². The van der Waals surface area contributed by atoms with Crippen LogP contribution in [0.5, 0.6) is 0 Å². The summed E-state index contributed by atoms with van der Waals surface area (Å²) in [5.74, 6) is 0.0528. The standard InChI is InChI=1S/C16H18ClN5O/c1-9-6-16(7-13(18-9)14-8-22(2)21-20-14)11-5-10(17)3-4-12(11)19-15(16)23/h3-5,8-9,13,18H,6-7H2,1-2H3,(H,19,23). The number of rotatable bonds is 1. The topological polar surface area (TPSA) is 71.8 Å². The number of fused-ring (bicyclic) bond motifs is 2. The van der Waals surface area contributed by atoms with E-state index in [1.165, 1.54) is 0 Å². The third-order valence-electron chi connectivity index (χ3n) is 4.85. The second kappa shape index (κ2) is 5.04. The number of carbonyl (C=O) groups excluding carboxylic acids is 1. The Kier molecular flexibility index (Phi) is 3.21. The Morgan fingerprint density at radius 2 is 2.22 bits per heavy atom. The van der Waals surface area contributed by atoms with Gasteiger partial charge < -0.3 is 10.6 Å². The Labute approximate surface area is 139 Å². The third-order valence-corrected chi connectivity index (χ3v) is 5.09. The molecule has 1 aromatic heterocycles. The van der Waals surface area contributed by atoms with Gasteiger partial charge in [0.15, 0.2) is 0 Å². The van der Waals surface area contributed by atoms with Crippen molar-refractivity contribution in [1.82, 2.24) is 20.3 Å². The minimum atomic E-state index is -0.562. The first kappa shape index (κ1) is 14.7. The molecule has 1 fully saturated rings. The first-order valence-corrected chi connectivity index (χ1v) is 8.09. The zero-order chi connectivity index (χ0) is 16.2.